The molecular formula is C21H17F2N5O2. The van der Waals surface area contributed by atoms with Crippen LogP contribution in [0.3, 0.4) is 0 Å². The highest BCUT2D eigenvalue weighted by Crippen LogP contribution is 2.13. The van der Waals surface area contributed by atoms with Crippen molar-refractivity contribution in [1.82, 2.24) is 24.6 Å². The smallest absolute Gasteiger partial charge is 0.264 e. The molecule has 0 aliphatic carbocycles. The van der Waals surface area contributed by atoms with Gasteiger partial charge < -0.3 is 5.32 Å². The first-order chi connectivity index (χ1) is 14.5. The number of hydrogen-bond acceptors (Lipinski definition) is 4. The normalized spacial score (nSPS) is 11.0. The average Bonchev–Trinajstić information content (AvgIpc) is 3.18. The van der Waals surface area contributed by atoms with Crippen molar-refractivity contribution in [2.24, 2.45) is 0 Å². The quantitative estimate of drug-likeness (QED) is 0.531. The summed E-state index contributed by atoms with van der Waals surface area (Å²) in [4.78, 5) is 29.1. The lowest BCUT2D eigenvalue weighted by Crippen LogP contribution is -2.28. The molecule has 0 unspecified atom stereocenters. The highest BCUT2D eigenvalue weighted by molar-refractivity contribution is 5.76. The highest BCUT2D eigenvalue weighted by atomic mass is 19.1. The maximum atomic E-state index is 13.6. The van der Waals surface area contributed by atoms with Gasteiger partial charge >= 0.3 is 0 Å². The summed E-state index contributed by atoms with van der Waals surface area (Å²) in [5.74, 6) is -1.89. The number of rotatable bonds is 6. The van der Waals surface area contributed by atoms with Gasteiger partial charge in [-0.3, -0.25) is 14.2 Å². The van der Waals surface area contributed by atoms with E-state index < -0.39 is 17.5 Å². The summed E-state index contributed by atoms with van der Waals surface area (Å²) in [5, 5.41) is 7.02. The number of benzene rings is 2. The number of nitrogens with one attached hydrogen (secondary N) is 1. The average molecular weight is 409 g/mol. The number of carbonyl (C=O) groups is 1. The molecule has 9 heteroatoms. The van der Waals surface area contributed by atoms with E-state index in [0.29, 0.717) is 11.0 Å². The summed E-state index contributed by atoms with van der Waals surface area (Å²) in [6.45, 7) is -0.197. The van der Waals surface area contributed by atoms with Crippen molar-refractivity contribution in [3.05, 3.63) is 88.6 Å². The molecule has 0 fully saturated rings. The molecule has 2 aromatic heterocycles. The number of aromatic nitrogens is 4. The lowest BCUT2D eigenvalue weighted by atomic mass is 10.2. The number of halogens is 2. The standard InChI is InChI=1S/C21H17F2N5O2/c22-17-7-4-8-18(23)15(17)11-24-19(29)9-10-27-13-25-20-16(21(27)30)12-26-28(20)14-5-2-1-3-6-14/h1-8,12-13H,9-11H2,(H,24,29). The van der Waals surface area contributed by atoms with Crippen LogP contribution in [-0.4, -0.2) is 25.2 Å². The van der Waals surface area contributed by atoms with Crippen LogP contribution in [0.15, 0.2) is 65.8 Å². The zero-order chi connectivity index (χ0) is 21.1. The van der Waals surface area contributed by atoms with Crippen LogP contribution in [0.25, 0.3) is 16.7 Å². The fourth-order valence-corrected chi connectivity index (χ4v) is 3.06. The molecule has 1 amide bonds. The lowest BCUT2D eigenvalue weighted by molar-refractivity contribution is -0.121. The minimum absolute atomic E-state index is 0.0456. The van der Waals surface area contributed by atoms with Crippen molar-refractivity contribution >= 4 is 16.9 Å². The predicted molar refractivity (Wildman–Crippen MR) is 106 cm³/mol. The summed E-state index contributed by atoms with van der Waals surface area (Å²) < 4.78 is 30.1. The molecule has 4 rings (SSSR count). The second-order valence-corrected chi connectivity index (χ2v) is 6.60. The summed E-state index contributed by atoms with van der Waals surface area (Å²) >= 11 is 0. The van der Waals surface area contributed by atoms with Crippen LogP contribution in [0.4, 0.5) is 8.78 Å². The van der Waals surface area contributed by atoms with Gasteiger partial charge in [0.2, 0.25) is 5.91 Å². The Morgan fingerprint density at radius 1 is 1.03 bits per heavy atom. The fraction of sp³-hybridized carbons (Fsp3) is 0.143. The minimum atomic E-state index is -0.725. The molecule has 0 atom stereocenters. The van der Waals surface area contributed by atoms with Crippen molar-refractivity contribution < 1.29 is 13.6 Å². The van der Waals surface area contributed by atoms with E-state index >= 15 is 0 Å². The monoisotopic (exact) mass is 409 g/mol. The molecule has 0 aliphatic heterocycles. The third kappa shape index (κ3) is 3.82. The Morgan fingerprint density at radius 3 is 2.50 bits per heavy atom. The minimum Gasteiger partial charge on any atom is -0.352 e. The van der Waals surface area contributed by atoms with Crippen molar-refractivity contribution in [2.45, 2.75) is 19.5 Å². The number of para-hydroxylation sites is 1. The molecule has 0 bridgehead atoms. The Labute approximate surface area is 169 Å². The molecule has 7 nitrogen and oxygen atoms in total. The first kappa shape index (κ1) is 19.4. The maximum Gasteiger partial charge on any atom is 0.264 e. The second-order valence-electron chi connectivity index (χ2n) is 6.60. The topological polar surface area (TPSA) is 81.8 Å². The maximum absolute atomic E-state index is 13.6. The zero-order valence-electron chi connectivity index (χ0n) is 15.8. The SMILES string of the molecule is O=C(CCn1cnc2c(cnn2-c2ccccc2)c1=O)NCc1c(F)cccc1F. The van der Waals surface area contributed by atoms with Gasteiger partial charge in [0.05, 0.1) is 18.2 Å². The number of carbonyl (C=O) groups excluding carboxylic acids is 1. The van der Waals surface area contributed by atoms with Crippen molar-refractivity contribution in [3.63, 3.8) is 0 Å². The van der Waals surface area contributed by atoms with E-state index in [0.717, 1.165) is 17.8 Å². The third-order valence-electron chi connectivity index (χ3n) is 4.66. The number of amides is 1. The number of hydrogen-bond donors (Lipinski definition) is 1. The lowest BCUT2D eigenvalue weighted by Gasteiger charge is -2.09. The van der Waals surface area contributed by atoms with Gasteiger partial charge in [0, 0.05) is 25.1 Å². The molecular weight excluding hydrogens is 392 g/mol. The molecule has 1 N–H and O–H groups in total. The molecule has 0 saturated carbocycles. The van der Waals surface area contributed by atoms with Gasteiger partial charge in [-0.1, -0.05) is 24.3 Å². The van der Waals surface area contributed by atoms with E-state index in [2.05, 4.69) is 15.4 Å². The molecule has 30 heavy (non-hydrogen) atoms. The highest BCUT2D eigenvalue weighted by Gasteiger charge is 2.13. The van der Waals surface area contributed by atoms with E-state index in [9.17, 15) is 18.4 Å². The van der Waals surface area contributed by atoms with Gasteiger partial charge in [0.25, 0.3) is 5.56 Å². The number of aryl methyl sites for hydroxylation is 1. The van der Waals surface area contributed by atoms with E-state index in [-0.39, 0.29) is 30.6 Å². The zero-order valence-corrected chi connectivity index (χ0v) is 15.8. The van der Waals surface area contributed by atoms with E-state index in [1.54, 1.807) is 4.68 Å². The molecule has 152 valence electrons. The first-order valence-electron chi connectivity index (χ1n) is 9.23. The number of nitrogens with zero attached hydrogens (tertiary/aromatic N) is 4. The van der Waals surface area contributed by atoms with Crippen LogP contribution in [0.2, 0.25) is 0 Å². The van der Waals surface area contributed by atoms with Gasteiger partial charge in [-0.2, -0.15) is 5.10 Å². The van der Waals surface area contributed by atoms with Gasteiger partial charge in [0.1, 0.15) is 17.0 Å². The van der Waals surface area contributed by atoms with Gasteiger partial charge in [-0.05, 0) is 24.3 Å². The Hall–Kier alpha value is -3.88. The summed E-state index contributed by atoms with van der Waals surface area (Å²) in [7, 11) is 0. The molecule has 0 aliphatic rings. The van der Waals surface area contributed by atoms with Crippen LogP contribution >= 0.6 is 0 Å². The first-order valence-corrected chi connectivity index (χ1v) is 9.23. The Balaban J connectivity index is 1.45. The van der Waals surface area contributed by atoms with Gasteiger partial charge in [-0.15, -0.1) is 0 Å². The molecule has 2 heterocycles. The van der Waals surface area contributed by atoms with Crippen LogP contribution in [0, 0.1) is 11.6 Å². The summed E-state index contributed by atoms with van der Waals surface area (Å²) in [6.07, 6.45) is 2.75. The Kier molecular flexibility index (Phi) is 5.34. The van der Waals surface area contributed by atoms with Crippen LogP contribution in [0.5, 0.6) is 0 Å². The Bertz CT molecular complexity index is 1250. The van der Waals surface area contributed by atoms with Gasteiger partial charge in [-0.25, -0.2) is 18.4 Å². The van der Waals surface area contributed by atoms with E-state index in [1.807, 2.05) is 30.3 Å². The van der Waals surface area contributed by atoms with E-state index in [1.165, 1.54) is 23.2 Å². The van der Waals surface area contributed by atoms with E-state index in [4.69, 9.17) is 0 Å². The number of fused-ring (bicyclic) bond motifs is 1. The summed E-state index contributed by atoms with van der Waals surface area (Å²) in [6, 6.07) is 12.8. The third-order valence-corrected chi connectivity index (χ3v) is 4.66. The predicted octanol–water partition coefficient (Wildman–Crippen LogP) is 2.57. The van der Waals surface area contributed by atoms with Crippen molar-refractivity contribution in [3.8, 4) is 5.69 Å². The molecule has 0 saturated heterocycles. The van der Waals surface area contributed by atoms with Gasteiger partial charge in [0.15, 0.2) is 5.65 Å². The van der Waals surface area contributed by atoms with Crippen LogP contribution < -0.4 is 10.9 Å². The van der Waals surface area contributed by atoms with Crippen molar-refractivity contribution in [1.29, 1.82) is 0 Å². The van der Waals surface area contributed by atoms with Crippen molar-refractivity contribution in [2.75, 3.05) is 0 Å². The van der Waals surface area contributed by atoms with Crippen LogP contribution in [-0.2, 0) is 17.9 Å². The Morgan fingerprint density at radius 2 is 1.77 bits per heavy atom. The fourth-order valence-electron chi connectivity index (χ4n) is 3.06. The summed E-state index contributed by atoms with van der Waals surface area (Å²) in [5.41, 5.74) is 0.661. The largest absolute Gasteiger partial charge is 0.352 e. The molecule has 0 radical (unpaired) electrons. The molecule has 2 aromatic carbocycles. The molecule has 0 spiro atoms. The van der Waals surface area contributed by atoms with Crippen LogP contribution in [0.1, 0.15) is 12.0 Å². The second kappa shape index (κ2) is 8.24. The molecule has 4 aromatic rings.